The molecule has 0 aromatic carbocycles. The Morgan fingerprint density at radius 2 is 1.20 bits per heavy atom. The summed E-state index contributed by atoms with van der Waals surface area (Å²) in [5.41, 5.74) is -0.640. The van der Waals surface area contributed by atoms with Crippen LogP contribution in [0.15, 0.2) is 0 Å². The highest BCUT2D eigenvalue weighted by Crippen LogP contribution is 2.16. The SMILES string of the molecule is CCCCCCCCCCCCC(O)CCC(C)(C)O. The highest BCUT2D eigenvalue weighted by molar-refractivity contribution is 4.68. The van der Waals surface area contributed by atoms with E-state index in [0.717, 1.165) is 19.3 Å². The molecule has 0 radical (unpaired) electrons. The Morgan fingerprint density at radius 3 is 1.65 bits per heavy atom. The van der Waals surface area contributed by atoms with Crippen molar-refractivity contribution in [3.8, 4) is 0 Å². The maximum atomic E-state index is 9.82. The van der Waals surface area contributed by atoms with E-state index in [1.807, 2.05) is 0 Å². The maximum absolute atomic E-state index is 9.82. The first-order chi connectivity index (χ1) is 9.45. The lowest BCUT2D eigenvalue weighted by molar-refractivity contribution is 0.0465. The van der Waals surface area contributed by atoms with Gasteiger partial charge in [-0.1, -0.05) is 71.1 Å². The van der Waals surface area contributed by atoms with Crippen molar-refractivity contribution in [3.05, 3.63) is 0 Å². The molecular formula is C18H38O2. The molecule has 0 amide bonds. The molecule has 0 aromatic rings. The molecule has 0 rings (SSSR count). The van der Waals surface area contributed by atoms with Crippen molar-refractivity contribution in [2.45, 2.75) is 116 Å². The van der Waals surface area contributed by atoms with E-state index in [1.54, 1.807) is 13.8 Å². The molecule has 0 bridgehead atoms. The monoisotopic (exact) mass is 286 g/mol. The van der Waals surface area contributed by atoms with Crippen molar-refractivity contribution in [3.63, 3.8) is 0 Å². The van der Waals surface area contributed by atoms with Crippen molar-refractivity contribution in [1.82, 2.24) is 0 Å². The Labute approximate surface area is 127 Å². The third-order valence-corrected chi connectivity index (χ3v) is 3.98. The molecule has 0 aliphatic carbocycles. The lowest BCUT2D eigenvalue weighted by Crippen LogP contribution is -2.21. The van der Waals surface area contributed by atoms with E-state index in [0.29, 0.717) is 6.42 Å². The molecule has 0 saturated heterocycles. The van der Waals surface area contributed by atoms with Crippen molar-refractivity contribution in [2.24, 2.45) is 0 Å². The Kier molecular flexibility index (Phi) is 12.6. The second-order valence-electron chi connectivity index (χ2n) is 6.98. The Balaban J connectivity index is 3.19. The van der Waals surface area contributed by atoms with Crippen LogP contribution in [0.25, 0.3) is 0 Å². The average molecular weight is 286 g/mol. The van der Waals surface area contributed by atoms with Gasteiger partial charge in [0.15, 0.2) is 0 Å². The lowest BCUT2D eigenvalue weighted by Gasteiger charge is -2.19. The molecule has 0 aliphatic heterocycles. The van der Waals surface area contributed by atoms with Crippen LogP contribution in [-0.4, -0.2) is 21.9 Å². The summed E-state index contributed by atoms with van der Waals surface area (Å²) in [7, 11) is 0. The van der Waals surface area contributed by atoms with Gasteiger partial charge in [-0.2, -0.15) is 0 Å². The fraction of sp³-hybridized carbons (Fsp3) is 1.00. The van der Waals surface area contributed by atoms with Gasteiger partial charge in [0.1, 0.15) is 0 Å². The van der Waals surface area contributed by atoms with Gasteiger partial charge in [-0.25, -0.2) is 0 Å². The predicted octanol–water partition coefficient (Wildman–Crippen LogP) is 5.21. The zero-order chi connectivity index (χ0) is 15.3. The largest absolute Gasteiger partial charge is 0.393 e. The van der Waals surface area contributed by atoms with E-state index in [-0.39, 0.29) is 6.10 Å². The smallest absolute Gasteiger partial charge is 0.0592 e. The number of unbranched alkanes of at least 4 members (excludes halogenated alkanes) is 9. The molecule has 0 aliphatic rings. The molecule has 0 spiro atoms. The quantitative estimate of drug-likeness (QED) is 0.430. The standard InChI is InChI=1S/C18H38O2/c1-4-5-6-7-8-9-10-11-12-13-14-17(19)15-16-18(2,3)20/h17,19-20H,4-16H2,1-3H3. The van der Waals surface area contributed by atoms with Crippen molar-refractivity contribution in [2.75, 3.05) is 0 Å². The van der Waals surface area contributed by atoms with Gasteiger partial charge >= 0.3 is 0 Å². The van der Waals surface area contributed by atoms with Crippen LogP contribution in [0, 0.1) is 0 Å². The second kappa shape index (κ2) is 12.6. The Bertz CT molecular complexity index is 196. The number of rotatable bonds is 14. The normalized spacial score (nSPS) is 13.7. The maximum Gasteiger partial charge on any atom is 0.0592 e. The molecule has 0 saturated carbocycles. The van der Waals surface area contributed by atoms with Crippen LogP contribution in [0.4, 0.5) is 0 Å². The van der Waals surface area contributed by atoms with E-state index in [2.05, 4.69) is 6.92 Å². The van der Waals surface area contributed by atoms with Crippen LogP contribution in [0.3, 0.4) is 0 Å². The van der Waals surface area contributed by atoms with E-state index in [4.69, 9.17) is 0 Å². The molecule has 0 heterocycles. The summed E-state index contributed by atoms with van der Waals surface area (Å²) in [4.78, 5) is 0. The summed E-state index contributed by atoms with van der Waals surface area (Å²) < 4.78 is 0. The van der Waals surface area contributed by atoms with E-state index in [1.165, 1.54) is 57.8 Å². The van der Waals surface area contributed by atoms with Crippen molar-refractivity contribution in [1.29, 1.82) is 0 Å². The highest BCUT2D eigenvalue weighted by atomic mass is 16.3. The molecule has 2 nitrogen and oxygen atoms in total. The molecule has 2 heteroatoms. The van der Waals surface area contributed by atoms with E-state index in [9.17, 15) is 10.2 Å². The van der Waals surface area contributed by atoms with Crippen LogP contribution < -0.4 is 0 Å². The zero-order valence-electron chi connectivity index (χ0n) is 14.2. The van der Waals surface area contributed by atoms with Gasteiger partial charge in [-0.15, -0.1) is 0 Å². The van der Waals surface area contributed by atoms with Gasteiger partial charge < -0.3 is 10.2 Å². The minimum atomic E-state index is -0.640. The second-order valence-corrected chi connectivity index (χ2v) is 6.98. The molecule has 1 atom stereocenters. The first-order valence-corrected chi connectivity index (χ1v) is 8.86. The lowest BCUT2D eigenvalue weighted by atomic mass is 9.97. The van der Waals surface area contributed by atoms with Gasteiger partial charge in [0, 0.05) is 0 Å². The van der Waals surface area contributed by atoms with Gasteiger partial charge in [-0.3, -0.25) is 0 Å². The molecule has 1 unspecified atom stereocenters. The fourth-order valence-electron chi connectivity index (χ4n) is 2.53. The van der Waals surface area contributed by atoms with Crippen molar-refractivity contribution >= 4 is 0 Å². The topological polar surface area (TPSA) is 40.5 Å². The van der Waals surface area contributed by atoms with E-state index < -0.39 is 5.60 Å². The Hall–Kier alpha value is -0.0800. The molecule has 0 fully saturated rings. The summed E-state index contributed by atoms with van der Waals surface area (Å²) >= 11 is 0. The minimum absolute atomic E-state index is 0.226. The first-order valence-electron chi connectivity index (χ1n) is 8.86. The van der Waals surface area contributed by atoms with Crippen molar-refractivity contribution < 1.29 is 10.2 Å². The van der Waals surface area contributed by atoms with Crippen LogP contribution in [-0.2, 0) is 0 Å². The summed E-state index contributed by atoms with van der Waals surface area (Å²) in [5, 5.41) is 19.4. The number of aliphatic hydroxyl groups is 2. The van der Waals surface area contributed by atoms with Crippen LogP contribution in [0.2, 0.25) is 0 Å². The van der Waals surface area contributed by atoms with Crippen LogP contribution in [0.5, 0.6) is 0 Å². The molecule has 20 heavy (non-hydrogen) atoms. The summed E-state index contributed by atoms with van der Waals surface area (Å²) in [6.07, 6.45) is 15.4. The highest BCUT2D eigenvalue weighted by Gasteiger charge is 2.14. The first kappa shape index (κ1) is 19.9. The van der Waals surface area contributed by atoms with Gasteiger partial charge in [0.05, 0.1) is 11.7 Å². The minimum Gasteiger partial charge on any atom is -0.393 e. The van der Waals surface area contributed by atoms with Gasteiger partial charge in [0.25, 0.3) is 0 Å². The van der Waals surface area contributed by atoms with Crippen LogP contribution >= 0.6 is 0 Å². The number of hydrogen-bond donors (Lipinski definition) is 2. The molecule has 122 valence electrons. The zero-order valence-corrected chi connectivity index (χ0v) is 14.2. The fourth-order valence-corrected chi connectivity index (χ4v) is 2.53. The third kappa shape index (κ3) is 16.0. The average Bonchev–Trinajstić information content (AvgIpc) is 2.38. The van der Waals surface area contributed by atoms with E-state index >= 15 is 0 Å². The summed E-state index contributed by atoms with van der Waals surface area (Å²) in [6, 6.07) is 0. The number of aliphatic hydroxyl groups excluding tert-OH is 1. The van der Waals surface area contributed by atoms with Gasteiger partial charge in [-0.05, 0) is 33.1 Å². The Morgan fingerprint density at radius 1 is 0.750 bits per heavy atom. The summed E-state index contributed by atoms with van der Waals surface area (Å²) in [5.74, 6) is 0. The number of hydrogen-bond acceptors (Lipinski definition) is 2. The molecule has 2 N–H and O–H groups in total. The third-order valence-electron chi connectivity index (χ3n) is 3.98. The predicted molar refractivity (Wildman–Crippen MR) is 88.0 cm³/mol. The van der Waals surface area contributed by atoms with Gasteiger partial charge in [0.2, 0.25) is 0 Å². The summed E-state index contributed by atoms with van der Waals surface area (Å²) in [6.45, 7) is 5.87. The molecular weight excluding hydrogens is 248 g/mol. The van der Waals surface area contributed by atoms with Crippen LogP contribution in [0.1, 0.15) is 104 Å². The molecule has 0 aromatic heterocycles.